The monoisotopic (exact) mass is 520 g/mol. The number of piperidine rings is 1. The van der Waals surface area contributed by atoms with Gasteiger partial charge in [-0.25, -0.2) is 9.67 Å². The van der Waals surface area contributed by atoms with E-state index in [1.807, 2.05) is 54.9 Å². The van der Waals surface area contributed by atoms with Crippen LogP contribution in [0.15, 0.2) is 35.3 Å². The van der Waals surface area contributed by atoms with Gasteiger partial charge in [0.05, 0.1) is 17.6 Å². The van der Waals surface area contributed by atoms with Crippen molar-refractivity contribution in [1.29, 1.82) is 0 Å². The fraction of sp³-hybridized carbons (Fsp3) is 0.429. The molecule has 3 aromatic heterocycles. The van der Waals surface area contributed by atoms with Gasteiger partial charge in [0.25, 0.3) is 5.56 Å². The average molecular weight is 521 g/mol. The third-order valence-corrected chi connectivity index (χ3v) is 7.74. The molecule has 0 bridgehead atoms. The highest BCUT2D eigenvalue weighted by atomic mass is 35.5. The summed E-state index contributed by atoms with van der Waals surface area (Å²) in [6, 6.07) is 7.96. The summed E-state index contributed by atoms with van der Waals surface area (Å²) in [5.74, 6) is 0.369. The number of benzene rings is 1. The number of hydrogen-bond donors (Lipinski definition) is 1. The van der Waals surface area contributed by atoms with Crippen LogP contribution in [0.2, 0.25) is 5.15 Å². The minimum absolute atomic E-state index is 0.00306. The zero-order valence-corrected chi connectivity index (χ0v) is 22.6. The highest BCUT2D eigenvalue weighted by molar-refractivity contribution is 6.29. The van der Waals surface area contributed by atoms with Crippen molar-refractivity contribution in [2.75, 3.05) is 25.0 Å². The van der Waals surface area contributed by atoms with Gasteiger partial charge in [0.2, 0.25) is 5.91 Å². The molecular formula is C28H33ClN6O2. The highest BCUT2D eigenvalue weighted by Crippen LogP contribution is 2.33. The Kier molecular flexibility index (Phi) is 6.94. The molecule has 1 fully saturated rings. The van der Waals surface area contributed by atoms with Gasteiger partial charge in [-0.3, -0.25) is 14.2 Å². The number of nitrogens with zero attached hydrogens (tertiary/aromatic N) is 5. The van der Waals surface area contributed by atoms with Crippen LogP contribution in [0.3, 0.4) is 0 Å². The first kappa shape index (κ1) is 25.3. The van der Waals surface area contributed by atoms with Crippen molar-refractivity contribution in [1.82, 2.24) is 24.2 Å². The molecular weight excluding hydrogens is 488 g/mol. The first-order chi connectivity index (χ1) is 17.8. The number of nitrogens with one attached hydrogen (secondary N) is 1. The fourth-order valence-electron chi connectivity index (χ4n) is 5.67. The Morgan fingerprint density at radius 3 is 2.65 bits per heavy atom. The van der Waals surface area contributed by atoms with E-state index in [9.17, 15) is 9.59 Å². The normalized spacial score (nSPS) is 14.6. The number of likely N-dealkylation sites (tertiary alicyclic amines) is 1. The fourth-order valence-corrected chi connectivity index (χ4v) is 5.83. The van der Waals surface area contributed by atoms with Gasteiger partial charge >= 0.3 is 0 Å². The molecule has 1 amide bonds. The lowest BCUT2D eigenvalue weighted by molar-refractivity contribution is -0.129. The molecule has 0 unspecified atom stereocenters. The summed E-state index contributed by atoms with van der Waals surface area (Å²) in [5.41, 5.74) is 4.97. The van der Waals surface area contributed by atoms with Crippen molar-refractivity contribution in [2.45, 2.75) is 52.5 Å². The number of carbonyl (C=O) groups is 1. The van der Waals surface area contributed by atoms with Gasteiger partial charge in [-0.15, -0.1) is 0 Å². The van der Waals surface area contributed by atoms with Crippen molar-refractivity contribution in [3.8, 4) is 0 Å². The van der Waals surface area contributed by atoms with E-state index in [0.29, 0.717) is 18.2 Å². The number of carbonyl (C=O) groups excluding carboxylic acids is 1. The second-order valence-electron chi connectivity index (χ2n) is 9.93. The Morgan fingerprint density at radius 1 is 1.19 bits per heavy atom. The van der Waals surface area contributed by atoms with Gasteiger partial charge in [-0.05, 0) is 56.9 Å². The molecule has 5 rings (SSSR count). The molecule has 1 saturated heterocycles. The molecule has 1 aromatic carbocycles. The van der Waals surface area contributed by atoms with Crippen LogP contribution in [0.1, 0.15) is 49.4 Å². The van der Waals surface area contributed by atoms with Gasteiger partial charge in [0.15, 0.2) is 0 Å². The van der Waals surface area contributed by atoms with E-state index >= 15 is 0 Å². The number of fused-ring (bicyclic) bond motifs is 3. The predicted molar refractivity (Wildman–Crippen MR) is 149 cm³/mol. The minimum Gasteiger partial charge on any atom is -0.383 e. The molecule has 1 aliphatic heterocycles. The van der Waals surface area contributed by atoms with Gasteiger partial charge in [0.1, 0.15) is 10.8 Å². The Hall–Kier alpha value is -3.39. The number of halogens is 1. The maximum atomic E-state index is 13.3. The molecule has 0 aliphatic carbocycles. The first-order valence-corrected chi connectivity index (χ1v) is 13.3. The lowest BCUT2D eigenvalue weighted by Gasteiger charge is -2.31. The summed E-state index contributed by atoms with van der Waals surface area (Å²) in [5, 5.41) is 11.3. The lowest BCUT2D eigenvalue weighted by Crippen LogP contribution is -2.36. The second-order valence-corrected chi connectivity index (χ2v) is 10.3. The van der Waals surface area contributed by atoms with Crippen molar-refractivity contribution in [3.05, 3.63) is 62.8 Å². The van der Waals surface area contributed by atoms with Gasteiger partial charge in [-0.1, -0.05) is 23.2 Å². The van der Waals surface area contributed by atoms with E-state index < -0.39 is 0 Å². The van der Waals surface area contributed by atoms with E-state index in [1.165, 1.54) is 0 Å². The Balaban J connectivity index is 1.44. The maximum Gasteiger partial charge on any atom is 0.259 e. The number of rotatable bonds is 6. The van der Waals surface area contributed by atoms with Crippen molar-refractivity contribution < 1.29 is 4.79 Å². The maximum absolute atomic E-state index is 13.3. The van der Waals surface area contributed by atoms with Crippen LogP contribution >= 0.6 is 11.6 Å². The molecule has 37 heavy (non-hydrogen) atoms. The standard InChI is InChI=1S/C28H33ClN6O2/c1-5-35-27-22(16-31-35)25-20(14-17(2)15-21(25)28(37)33(27)4)8-11-30-23-6-7-24(29)32-26(23)19-9-12-34(13-10-19)18(3)36/h6-7,14-16,19,30H,5,8-13H2,1-4H3. The molecule has 9 heteroatoms. The van der Waals surface area contributed by atoms with Crippen LogP contribution < -0.4 is 10.9 Å². The number of aryl methyl sites for hydroxylation is 3. The topological polar surface area (TPSA) is 85.1 Å². The van der Waals surface area contributed by atoms with Crippen molar-refractivity contribution in [2.24, 2.45) is 7.05 Å². The molecule has 0 saturated carbocycles. The van der Waals surface area contributed by atoms with Crippen LogP contribution in [0, 0.1) is 6.92 Å². The quantitative estimate of drug-likeness (QED) is 0.374. The molecule has 0 atom stereocenters. The van der Waals surface area contributed by atoms with E-state index in [0.717, 1.165) is 76.7 Å². The number of aromatic nitrogens is 4. The smallest absolute Gasteiger partial charge is 0.259 e. The van der Waals surface area contributed by atoms with E-state index in [4.69, 9.17) is 11.6 Å². The molecule has 194 valence electrons. The Bertz CT molecular complexity index is 1550. The first-order valence-electron chi connectivity index (χ1n) is 12.9. The number of hydrogen-bond acceptors (Lipinski definition) is 5. The van der Waals surface area contributed by atoms with Gasteiger partial charge in [-0.2, -0.15) is 5.10 Å². The number of anilines is 1. The summed E-state index contributed by atoms with van der Waals surface area (Å²) in [6.45, 7) is 8.53. The molecule has 8 nitrogen and oxygen atoms in total. The number of amides is 1. The van der Waals surface area contributed by atoms with Crippen LogP contribution in [0.4, 0.5) is 5.69 Å². The molecule has 4 heterocycles. The zero-order valence-electron chi connectivity index (χ0n) is 21.8. The van der Waals surface area contributed by atoms with Crippen LogP contribution in [-0.4, -0.2) is 49.8 Å². The molecule has 4 aromatic rings. The average Bonchev–Trinajstić information content (AvgIpc) is 3.32. The van der Waals surface area contributed by atoms with Crippen molar-refractivity contribution in [3.63, 3.8) is 0 Å². The third kappa shape index (κ3) is 4.70. The Morgan fingerprint density at radius 2 is 1.95 bits per heavy atom. The summed E-state index contributed by atoms with van der Waals surface area (Å²) in [4.78, 5) is 31.6. The largest absolute Gasteiger partial charge is 0.383 e. The van der Waals surface area contributed by atoms with E-state index in [2.05, 4.69) is 21.5 Å². The second kappa shape index (κ2) is 10.2. The van der Waals surface area contributed by atoms with Crippen LogP contribution in [-0.2, 0) is 24.8 Å². The third-order valence-electron chi connectivity index (χ3n) is 7.53. The molecule has 0 spiro atoms. The summed E-state index contributed by atoms with van der Waals surface area (Å²) in [6.07, 6.45) is 4.35. The molecule has 1 N–H and O–H groups in total. The van der Waals surface area contributed by atoms with Crippen LogP contribution in [0.25, 0.3) is 21.8 Å². The highest BCUT2D eigenvalue weighted by Gasteiger charge is 2.25. The molecule has 1 aliphatic rings. The van der Waals surface area contributed by atoms with Gasteiger partial charge in [0, 0.05) is 62.2 Å². The summed E-state index contributed by atoms with van der Waals surface area (Å²) < 4.78 is 3.58. The van der Waals surface area contributed by atoms with E-state index in [-0.39, 0.29) is 17.4 Å². The van der Waals surface area contributed by atoms with E-state index in [1.54, 1.807) is 11.5 Å². The Labute approximate surface area is 221 Å². The lowest BCUT2D eigenvalue weighted by atomic mass is 9.92. The number of pyridine rings is 2. The zero-order chi connectivity index (χ0) is 26.3. The van der Waals surface area contributed by atoms with Crippen LogP contribution in [0.5, 0.6) is 0 Å². The summed E-state index contributed by atoms with van der Waals surface area (Å²) in [7, 11) is 1.82. The SMILES string of the molecule is CCn1ncc2c3c(CCNc4ccc(Cl)nc4C4CCN(C(C)=O)CC4)cc(C)cc3c(=O)n(C)c21. The molecule has 0 radical (unpaired) electrons. The predicted octanol–water partition coefficient (Wildman–Crippen LogP) is 4.65. The van der Waals surface area contributed by atoms with Gasteiger partial charge < -0.3 is 10.2 Å². The minimum atomic E-state index is -0.00306. The summed E-state index contributed by atoms with van der Waals surface area (Å²) >= 11 is 6.28. The van der Waals surface area contributed by atoms with Crippen molar-refractivity contribution >= 4 is 45.0 Å².